The standard InChI is InChI=1S/C14H15N5O3/c20-13-4-2-11(17-18-13)14(21)16-10-1-3-12(15-9-10)19-5-7-22-8-6-19/h1-4,9H,5-8H2,(H,16,21)(H,18,20). The number of hydrogen-bond donors (Lipinski definition) is 2. The van der Waals surface area contributed by atoms with Gasteiger partial charge >= 0.3 is 0 Å². The van der Waals surface area contributed by atoms with Gasteiger partial charge in [0.1, 0.15) is 11.5 Å². The highest BCUT2D eigenvalue weighted by molar-refractivity contribution is 6.02. The minimum atomic E-state index is -0.405. The molecule has 1 amide bonds. The molecule has 0 atom stereocenters. The number of hydrogen-bond acceptors (Lipinski definition) is 6. The lowest BCUT2D eigenvalue weighted by molar-refractivity contribution is 0.102. The van der Waals surface area contributed by atoms with Gasteiger partial charge < -0.3 is 15.0 Å². The fourth-order valence-corrected chi connectivity index (χ4v) is 2.11. The van der Waals surface area contributed by atoms with Crippen molar-refractivity contribution in [1.82, 2.24) is 15.2 Å². The summed E-state index contributed by atoms with van der Waals surface area (Å²) >= 11 is 0. The third-order valence-corrected chi connectivity index (χ3v) is 3.25. The molecule has 8 heteroatoms. The number of carbonyl (C=O) groups excluding carboxylic acids is 1. The number of amides is 1. The molecule has 8 nitrogen and oxygen atoms in total. The Morgan fingerprint density at radius 3 is 2.68 bits per heavy atom. The van der Waals surface area contributed by atoms with Gasteiger partial charge in [-0.3, -0.25) is 9.59 Å². The first-order chi connectivity index (χ1) is 10.7. The largest absolute Gasteiger partial charge is 0.378 e. The van der Waals surface area contributed by atoms with Crippen molar-refractivity contribution < 1.29 is 9.53 Å². The summed E-state index contributed by atoms with van der Waals surface area (Å²) in [7, 11) is 0. The maximum Gasteiger partial charge on any atom is 0.276 e. The van der Waals surface area contributed by atoms with Crippen molar-refractivity contribution in [1.29, 1.82) is 0 Å². The smallest absolute Gasteiger partial charge is 0.276 e. The summed E-state index contributed by atoms with van der Waals surface area (Å²) in [6, 6.07) is 6.24. The van der Waals surface area contributed by atoms with E-state index in [1.807, 2.05) is 6.07 Å². The van der Waals surface area contributed by atoms with Crippen LogP contribution in [0.3, 0.4) is 0 Å². The van der Waals surface area contributed by atoms with E-state index in [9.17, 15) is 9.59 Å². The van der Waals surface area contributed by atoms with E-state index < -0.39 is 5.91 Å². The number of anilines is 2. The van der Waals surface area contributed by atoms with E-state index in [2.05, 4.69) is 25.4 Å². The van der Waals surface area contributed by atoms with Gasteiger partial charge in [0.05, 0.1) is 25.1 Å². The van der Waals surface area contributed by atoms with E-state index in [-0.39, 0.29) is 11.3 Å². The molecule has 2 aromatic heterocycles. The van der Waals surface area contributed by atoms with Gasteiger partial charge in [0.25, 0.3) is 11.5 Å². The number of aromatic nitrogens is 3. The van der Waals surface area contributed by atoms with Gasteiger partial charge in [-0.2, -0.15) is 5.10 Å². The summed E-state index contributed by atoms with van der Waals surface area (Å²) < 4.78 is 5.30. The summed E-state index contributed by atoms with van der Waals surface area (Å²) in [5.41, 5.74) is 0.347. The zero-order valence-electron chi connectivity index (χ0n) is 11.8. The van der Waals surface area contributed by atoms with Crippen molar-refractivity contribution in [3.63, 3.8) is 0 Å². The number of morpholine rings is 1. The van der Waals surface area contributed by atoms with Crippen molar-refractivity contribution in [2.24, 2.45) is 0 Å². The van der Waals surface area contributed by atoms with E-state index >= 15 is 0 Å². The monoisotopic (exact) mass is 301 g/mol. The van der Waals surface area contributed by atoms with Crippen molar-refractivity contribution >= 4 is 17.4 Å². The van der Waals surface area contributed by atoms with Crippen LogP contribution in [0.15, 0.2) is 35.3 Å². The molecule has 1 saturated heterocycles. The van der Waals surface area contributed by atoms with E-state index in [4.69, 9.17) is 4.74 Å². The number of carbonyl (C=O) groups is 1. The van der Waals surface area contributed by atoms with Crippen LogP contribution in [0.25, 0.3) is 0 Å². The normalized spacial score (nSPS) is 14.6. The molecule has 114 valence electrons. The molecule has 1 aliphatic rings. The molecule has 0 spiro atoms. The molecule has 1 aliphatic heterocycles. The van der Waals surface area contributed by atoms with Crippen molar-refractivity contribution in [2.75, 3.05) is 36.5 Å². The molecule has 0 aliphatic carbocycles. The molecular weight excluding hydrogens is 286 g/mol. The quantitative estimate of drug-likeness (QED) is 0.843. The van der Waals surface area contributed by atoms with Crippen LogP contribution < -0.4 is 15.8 Å². The Labute approximate surface area is 126 Å². The Bertz CT molecular complexity index is 687. The molecule has 22 heavy (non-hydrogen) atoms. The average molecular weight is 301 g/mol. The number of pyridine rings is 1. The highest BCUT2D eigenvalue weighted by Gasteiger charge is 2.13. The predicted octanol–water partition coefficient (Wildman–Crippen LogP) is 0.254. The number of aromatic amines is 1. The Morgan fingerprint density at radius 2 is 2.05 bits per heavy atom. The number of nitrogens with zero attached hydrogens (tertiary/aromatic N) is 3. The second-order valence-electron chi connectivity index (χ2n) is 4.77. The number of H-pyrrole nitrogens is 1. The van der Waals surface area contributed by atoms with Crippen LogP contribution in [0.1, 0.15) is 10.5 Å². The van der Waals surface area contributed by atoms with E-state index in [1.54, 1.807) is 12.3 Å². The van der Waals surface area contributed by atoms with Crippen LogP contribution in [-0.2, 0) is 4.74 Å². The molecule has 1 fully saturated rings. The number of nitrogens with one attached hydrogen (secondary N) is 2. The van der Waals surface area contributed by atoms with Crippen molar-refractivity contribution in [3.05, 3.63) is 46.5 Å². The third-order valence-electron chi connectivity index (χ3n) is 3.25. The average Bonchev–Trinajstić information content (AvgIpc) is 2.57. The van der Waals surface area contributed by atoms with Gasteiger partial charge in [0, 0.05) is 19.2 Å². The predicted molar refractivity (Wildman–Crippen MR) is 80.1 cm³/mol. The fourth-order valence-electron chi connectivity index (χ4n) is 2.11. The lowest BCUT2D eigenvalue weighted by Crippen LogP contribution is -2.36. The van der Waals surface area contributed by atoms with Crippen molar-refractivity contribution in [2.45, 2.75) is 0 Å². The van der Waals surface area contributed by atoms with E-state index in [0.717, 1.165) is 18.9 Å². The van der Waals surface area contributed by atoms with Crippen LogP contribution >= 0.6 is 0 Å². The molecule has 3 heterocycles. The third kappa shape index (κ3) is 3.29. The van der Waals surface area contributed by atoms with Gasteiger partial charge in [-0.1, -0.05) is 0 Å². The minimum Gasteiger partial charge on any atom is -0.378 e. The first-order valence-corrected chi connectivity index (χ1v) is 6.88. The van der Waals surface area contributed by atoms with E-state index in [0.29, 0.717) is 18.9 Å². The van der Waals surface area contributed by atoms with Crippen LogP contribution in [0.2, 0.25) is 0 Å². The summed E-state index contributed by atoms with van der Waals surface area (Å²) in [6.45, 7) is 3.00. The summed E-state index contributed by atoms with van der Waals surface area (Å²) in [5.74, 6) is 0.445. The Morgan fingerprint density at radius 1 is 1.23 bits per heavy atom. The zero-order valence-corrected chi connectivity index (χ0v) is 11.8. The Hall–Kier alpha value is -2.74. The Balaban J connectivity index is 1.66. The lowest BCUT2D eigenvalue weighted by atomic mass is 10.3. The molecule has 2 N–H and O–H groups in total. The maximum absolute atomic E-state index is 12.0. The van der Waals surface area contributed by atoms with Crippen molar-refractivity contribution in [3.8, 4) is 0 Å². The molecule has 0 aromatic carbocycles. The van der Waals surface area contributed by atoms with E-state index in [1.165, 1.54) is 12.1 Å². The van der Waals surface area contributed by atoms with Gasteiger partial charge in [-0.25, -0.2) is 10.1 Å². The topological polar surface area (TPSA) is 100 Å². The highest BCUT2D eigenvalue weighted by atomic mass is 16.5. The molecule has 0 bridgehead atoms. The molecule has 0 saturated carbocycles. The first-order valence-electron chi connectivity index (χ1n) is 6.88. The van der Waals surface area contributed by atoms with Crippen LogP contribution in [0.5, 0.6) is 0 Å². The number of rotatable bonds is 3. The lowest BCUT2D eigenvalue weighted by Gasteiger charge is -2.27. The Kier molecular flexibility index (Phi) is 4.10. The summed E-state index contributed by atoms with van der Waals surface area (Å²) in [5, 5.41) is 8.57. The maximum atomic E-state index is 12.0. The van der Waals surface area contributed by atoms with Gasteiger partial charge in [-0.05, 0) is 18.2 Å². The second-order valence-corrected chi connectivity index (χ2v) is 4.77. The minimum absolute atomic E-state index is 0.136. The zero-order chi connectivity index (χ0) is 15.4. The summed E-state index contributed by atoms with van der Waals surface area (Å²) in [6.07, 6.45) is 1.59. The van der Waals surface area contributed by atoms with Gasteiger partial charge in [-0.15, -0.1) is 0 Å². The number of ether oxygens (including phenoxy) is 1. The van der Waals surface area contributed by atoms with Gasteiger partial charge in [0.2, 0.25) is 0 Å². The molecule has 0 unspecified atom stereocenters. The summed E-state index contributed by atoms with van der Waals surface area (Å²) in [4.78, 5) is 29.3. The van der Waals surface area contributed by atoms with Gasteiger partial charge in [0.15, 0.2) is 0 Å². The van der Waals surface area contributed by atoms with Crippen LogP contribution in [0.4, 0.5) is 11.5 Å². The molecular formula is C14H15N5O3. The first kappa shape index (κ1) is 14.2. The molecule has 3 rings (SSSR count). The fraction of sp³-hybridized carbons (Fsp3) is 0.286. The van der Waals surface area contributed by atoms with Crippen LogP contribution in [-0.4, -0.2) is 47.4 Å². The highest BCUT2D eigenvalue weighted by Crippen LogP contribution is 2.15. The second kappa shape index (κ2) is 6.35. The molecule has 2 aromatic rings. The van der Waals surface area contributed by atoms with Crippen LogP contribution in [0, 0.1) is 0 Å². The SMILES string of the molecule is O=C(Nc1ccc(N2CCOCC2)nc1)c1ccc(=O)[nH]n1. The molecule has 0 radical (unpaired) electrons.